The third kappa shape index (κ3) is 3.93. The monoisotopic (exact) mass is 389 g/mol. The summed E-state index contributed by atoms with van der Waals surface area (Å²) in [5.41, 5.74) is 8.28. The van der Waals surface area contributed by atoms with E-state index < -0.39 is 0 Å². The molecule has 0 aliphatic heterocycles. The Kier molecular flexibility index (Phi) is 5.12. The van der Waals surface area contributed by atoms with E-state index in [-0.39, 0.29) is 6.61 Å². The maximum Gasteiger partial charge on any atom is 0.247 e. The van der Waals surface area contributed by atoms with Gasteiger partial charge in [-0.05, 0) is 42.5 Å². The summed E-state index contributed by atoms with van der Waals surface area (Å²) in [6.45, 7) is 0.541. The van der Waals surface area contributed by atoms with Crippen LogP contribution in [0.5, 0.6) is 5.75 Å². The summed E-state index contributed by atoms with van der Waals surface area (Å²) in [7, 11) is 1.61. The van der Waals surface area contributed by atoms with Crippen LogP contribution in [0.1, 0.15) is 11.5 Å². The molecule has 0 radical (unpaired) electrons. The molecule has 1 heterocycles. The minimum absolute atomic E-state index is 0.209. The second-order valence-electron chi connectivity index (χ2n) is 5.07. The quantitative estimate of drug-likeness (QED) is 0.645. The van der Waals surface area contributed by atoms with Gasteiger partial charge in [0.15, 0.2) is 0 Å². The average molecular weight is 390 g/mol. The molecule has 0 aliphatic carbocycles. The Labute approximate surface area is 147 Å². The molecule has 24 heavy (non-hydrogen) atoms. The third-order valence-corrected chi connectivity index (χ3v) is 3.92. The Morgan fingerprint density at radius 2 is 1.88 bits per heavy atom. The van der Waals surface area contributed by atoms with Crippen LogP contribution >= 0.6 is 15.9 Å². The van der Waals surface area contributed by atoms with Crippen molar-refractivity contribution in [2.75, 3.05) is 12.8 Å². The van der Waals surface area contributed by atoms with Gasteiger partial charge < -0.3 is 19.6 Å². The molecule has 2 N–H and O–H groups in total. The van der Waals surface area contributed by atoms with Crippen molar-refractivity contribution < 1.29 is 13.9 Å². The summed E-state index contributed by atoms with van der Waals surface area (Å²) in [6, 6.07) is 13.1. The molecule has 0 saturated heterocycles. The van der Waals surface area contributed by atoms with Crippen molar-refractivity contribution in [2.24, 2.45) is 0 Å². The Balaban J connectivity index is 1.61. The summed E-state index contributed by atoms with van der Waals surface area (Å²) in [5, 5.41) is 8.02. The Bertz CT molecular complexity index is 818. The predicted octanol–water partition coefficient (Wildman–Crippen LogP) is 3.81. The molecule has 0 unspecified atom stereocenters. The smallest absolute Gasteiger partial charge is 0.247 e. The first kappa shape index (κ1) is 16.5. The number of benzene rings is 2. The minimum atomic E-state index is 0.209. The lowest BCUT2D eigenvalue weighted by atomic mass is 10.2. The van der Waals surface area contributed by atoms with E-state index in [4.69, 9.17) is 19.6 Å². The van der Waals surface area contributed by atoms with E-state index in [2.05, 4.69) is 26.1 Å². The fourth-order valence-electron chi connectivity index (χ4n) is 2.10. The van der Waals surface area contributed by atoms with Gasteiger partial charge in [-0.2, -0.15) is 0 Å². The van der Waals surface area contributed by atoms with Crippen molar-refractivity contribution in [3.63, 3.8) is 0 Å². The van der Waals surface area contributed by atoms with E-state index in [0.717, 1.165) is 21.3 Å². The number of halogens is 1. The molecule has 0 aliphatic rings. The summed E-state index contributed by atoms with van der Waals surface area (Å²) in [5.74, 6) is 1.61. The molecule has 0 atom stereocenters. The summed E-state index contributed by atoms with van der Waals surface area (Å²) in [4.78, 5) is 0. The summed E-state index contributed by atoms with van der Waals surface area (Å²) < 4.78 is 17.4. The van der Waals surface area contributed by atoms with Crippen LogP contribution in [0, 0.1) is 0 Å². The number of nitrogens with zero attached hydrogens (tertiary/aromatic N) is 2. The Morgan fingerprint density at radius 1 is 1.08 bits per heavy atom. The van der Waals surface area contributed by atoms with Crippen LogP contribution in [0.25, 0.3) is 11.5 Å². The zero-order valence-electron chi connectivity index (χ0n) is 13.0. The predicted molar refractivity (Wildman–Crippen MR) is 93.3 cm³/mol. The first-order valence-corrected chi connectivity index (χ1v) is 8.03. The molecule has 0 amide bonds. The van der Waals surface area contributed by atoms with Crippen molar-refractivity contribution in [3.8, 4) is 17.2 Å². The molecule has 3 aromatic rings. The lowest BCUT2D eigenvalue weighted by molar-refractivity contribution is 0.0901. The largest absolute Gasteiger partial charge is 0.497 e. The van der Waals surface area contributed by atoms with Crippen LogP contribution < -0.4 is 10.5 Å². The fraction of sp³-hybridized carbons (Fsp3) is 0.176. The molecule has 1 aromatic heterocycles. The maximum absolute atomic E-state index is 5.93. The number of methoxy groups -OCH3 is 1. The number of hydrogen-bond acceptors (Lipinski definition) is 6. The van der Waals surface area contributed by atoms with E-state index in [9.17, 15) is 0 Å². The van der Waals surface area contributed by atoms with Crippen LogP contribution in [-0.2, 0) is 18.0 Å². The van der Waals surface area contributed by atoms with Gasteiger partial charge in [-0.3, -0.25) is 0 Å². The first-order chi connectivity index (χ1) is 11.7. The molecule has 0 spiro atoms. The van der Waals surface area contributed by atoms with Crippen LogP contribution in [-0.4, -0.2) is 17.3 Å². The maximum atomic E-state index is 5.93. The van der Waals surface area contributed by atoms with Gasteiger partial charge in [0.2, 0.25) is 11.8 Å². The van der Waals surface area contributed by atoms with E-state index in [0.29, 0.717) is 24.1 Å². The van der Waals surface area contributed by atoms with Gasteiger partial charge in [-0.15, -0.1) is 10.2 Å². The Morgan fingerprint density at radius 3 is 2.62 bits per heavy atom. The van der Waals surface area contributed by atoms with Gasteiger partial charge in [-0.25, -0.2) is 0 Å². The highest BCUT2D eigenvalue weighted by Crippen LogP contribution is 2.22. The van der Waals surface area contributed by atoms with E-state index >= 15 is 0 Å². The Hall–Kier alpha value is -2.38. The molecule has 6 nitrogen and oxygen atoms in total. The SMILES string of the molecule is COc1ccc(N)c(COCc2nnc(-c3ccc(Br)cc3)o2)c1. The van der Waals surface area contributed by atoms with Crippen molar-refractivity contribution in [3.05, 3.63) is 58.4 Å². The molecule has 7 heteroatoms. The normalized spacial score (nSPS) is 10.8. The summed E-state index contributed by atoms with van der Waals surface area (Å²) in [6.07, 6.45) is 0. The average Bonchev–Trinajstić information content (AvgIpc) is 3.06. The van der Waals surface area contributed by atoms with Crippen molar-refractivity contribution >= 4 is 21.6 Å². The van der Waals surface area contributed by atoms with E-state index in [1.165, 1.54) is 0 Å². The van der Waals surface area contributed by atoms with Gasteiger partial charge in [0.25, 0.3) is 0 Å². The number of ether oxygens (including phenoxy) is 2. The standard InChI is InChI=1S/C17H16BrN3O3/c1-22-14-6-7-15(19)12(8-14)9-23-10-16-20-21-17(24-16)11-2-4-13(18)5-3-11/h2-8H,9-10,19H2,1H3. The lowest BCUT2D eigenvalue weighted by Crippen LogP contribution is -1.99. The van der Waals surface area contributed by atoms with Crippen LogP contribution in [0.15, 0.2) is 51.4 Å². The minimum Gasteiger partial charge on any atom is -0.497 e. The fourth-order valence-corrected chi connectivity index (χ4v) is 2.37. The van der Waals surface area contributed by atoms with Crippen molar-refractivity contribution in [1.82, 2.24) is 10.2 Å². The highest BCUT2D eigenvalue weighted by Gasteiger charge is 2.09. The number of hydrogen-bond donors (Lipinski definition) is 1. The number of anilines is 1. The van der Waals surface area contributed by atoms with Crippen LogP contribution in [0.2, 0.25) is 0 Å². The lowest BCUT2D eigenvalue weighted by Gasteiger charge is -2.08. The number of rotatable bonds is 6. The number of nitrogen functional groups attached to an aromatic ring is 1. The van der Waals surface area contributed by atoms with Gasteiger partial charge in [0.1, 0.15) is 12.4 Å². The zero-order chi connectivity index (χ0) is 16.9. The van der Waals surface area contributed by atoms with Gasteiger partial charge in [0, 0.05) is 21.3 Å². The molecular weight excluding hydrogens is 374 g/mol. The van der Waals surface area contributed by atoms with Crippen LogP contribution in [0.4, 0.5) is 5.69 Å². The van der Waals surface area contributed by atoms with Crippen molar-refractivity contribution in [2.45, 2.75) is 13.2 Å². The van der Waals surface area contributed by atoms with E-state index in [1.807, 2.05) is 30.3 Å². The molecule has 0 fully saturated rings. The molecule has 0 saturated carbocycles. The number of nitrogens with two attached hydrogens (primary N) is 1. The zero-order valence-corrected chi connectivity index (χ0v) is 14.6. The third-order valence-electron chi connectivity index (χ3n) is 3.39. The van der Waals surface area contributed by atoms with Crippen LogP contribution in [0.3, 0.4) is 0 Å². The highest BCUT2D eigenvalue weighted by molar-refractivity contribution is 9.10. The van der Waals surface area contributed by atoms with Gasteiger partial charge in [-0.1, -0.05) is 15.9 Å². The van der Waals surface area contributed by atoms with E-state index in [1.54, 1.807) is 19.2 Å². The topological polar surface area (TPSA) is 83.4 Å². The van der Waals surface area contributed by atoms with Gasteiger partial charge >= 0.3 is 0 Å². The molecule has 124 valence electrons. The first-order valence-electron chi connectivity index (χ1n) is 7.24. The van der Waals surface area contributed by atoms with Gasteiger partial charge in [0.05, 0.1) is 13.7 Å². The molecule has 3 rings (SSSR count). The summed E-state index contributed by atoms with van der Waals surface area (Å²) >= 11 is 3.39. The second-order valence-corrected chi connectivity index (χ2v) is 5.98. The van der Waals surface area contributed by atoms with Crippen molar-refractivity contribution in [1.29, 1.82) is 0 Å². The number of aromatic nitrogens is 2. The molecule has 2 aromatic carbocycles. The molecule has 0 bridgehead atoms. The molecular formula is C17H16BrN3O3. The highest BCUT2D eigenvalue weighted by atomic mass is 79.9. The second kappa shape index (κ2) is 7.46.